The van der Waals surface area contributed by atoms with Gasteiger partial charge in [0.1, 0.15) is 5.25 Å². The Labute approximate surface area is 167 Å². The lowest BCUT2D eigenvalue weighted by Gasteiger charge is -2.13. The Morgan fingerprint density at radius 1 is 1.42 bits per heavy atom. The van der Waals surface area contributed by atoms with Gasteiger partial charge >= 0.3 is 0 Å². The smallest absolute Gasteiger partial charge is 0.242 e. The van der Waals surface area contributed by atoms with E-state index in [1.54, 1.807) is 24.4 Å². The topological polar surface area (TPSA) is 74.7 Å². The third kappa shape index (κ3) is 4.60. The molecule has 2 amide bonds. The van der Waals surface area contributed by atoms with Crippen molar-refractivity contribution in [2.24, 2.45) is 4.99 Å². The number of carbonyl (C=O) groups is 2. The summed E-state index contributed by atoms with van der Waals surface area (Å²) in [5.41, 5.74) is 0.688. The van der Waals surface area contributed by atoms with E-state index in [-0.39, 0.29) is 18.2 Å². The number of carbonyl (C=O) groups excluding carboxylic acids is 2. The van der Waals surface area contributed by atoms with E-state index in [4.69, 9.17) is 0 Å². The van der Waals surface area contributed by atoms with Gasteiger partial charge in [-0.3, -0.25) is 14.5 Å². The Kier molecular flexibility index (Phi) is 6.23. The molecular weight excluding hydrogens is 436 g/mol. The van der Waals surface area contributed by atoms with E-state index in [2.05, 4.69) is 37.8 Å². The number of thioether (sulfide) groups is 1. The third-order valence-electron chi connectivity index (χ3n) is 3.44. The summed E-state index contributed by atoms with van der Waals surface area (Å²) >= 11 is 6.02. The van der Waals surface area contributed by atoms with Gasteiger partial charge in [0.25, 0.3) is 0 Å². The van der Waals surface area contributed by atoms with Crippen molar-refractivity contribution >= 4 is 66.8 Å². The predicted molar refractivity (Wildman–Crippen MR) is 110 cm³/mol. The van der Waals surface area contributed by atoms with Crippen molar-refractivity contribution in [1.29, 1.82) is 0 Å². The summed E-state index contributed by atoms with van der Waals surface area (Å²) in [6.07, 6.45) is 3.37. The average Bonchev–Trinajstić information content (AvgIpc) is 3.22. The fourth-order valence-electron chi connectivity index (χ4n) is 2.29. The van der Waals surface area contributed by atoms with Gasteiger partial charge in [-0.15, -0.1) is 17.9 Å². The molecule has 6 nitrogen and oxygen atoms in total. The molecule has 1 saturated heterocycles. The van der Waals surface area contributed by atoms with Crippen molar-refractivity contribution in [2.75, 3.05) is 11.9 Å². The van der Waals surface area contributed by atoms with Crippen molar-refractivity contribution in [3.05, 3.63) is 53.0 Å². The highest BCUT2D eigenvalue weighted by Crippen LogP contribution is 2.32. The Morgan fingerprint density at radius 3 is 2.85 bits per heavy atom. The normalized spacial score (nSPS) is 18.3. The molecule has 2 aromatic rings. The molecule has 3 rings (SSSR count). The molecule has 1 atom stereocenters. The van der Waals surface area contributed by atoms with Crippen LogP contribution in [0.3, 0.4) is 0 Å². The summed E-state index contributed by atoms with van der Waals surface area (Å²) in [7, 11) is 0. The third-order valence-corrected chi connectivity index (χ3v) is 5.81. The van der Waals surface area contributed by atoms with Crippen molar-refractivity contribution < 1.29 is 9.59 Å². The standard InChI is InChI=1S/C17H15BrN4O2S2/c1-2-8-22-15(24)13(26-17(22)21-16-19-7-9-25-16)10-14(23)20-12-5-3-11(18)4-6-12/h2-7,9,13H,1,8,10H2,(H,20,23)/b21-17+. The molecule has 134 valence electrons. The molecule has 1 aromatic carbocycles. The first-order valence-corrected chi connectivity index (χ1v) is 10.2. The van der Waals surface area contributed by atoms with Gasteiger partial charge < -0.3 is 5.32 Å². The van der Waals surface area contributed by atoms with Gasteiger partial charge in [0, 0.05) is 34.7 Å². The van der Waals surface area contributed by atoms with Gasteiger partial charge in [0.15, 0.2) is 5.17 Å². The maximum absolute atomic E-state index is 12.6. The number of benzene rings is 1. The Morgan fingerprint density at radius 2 is 2.19 bits per heavy atom. The lowest BCUT2D eigenvalue weighted by Crippen LogP contribution is -2.33. The average molecular weight is 451 g/mol. The zero-order chi connectivity index (χ0) is 18.5. The van der Waals surface area contributed by atoms with E-state index in [1.165, 1.54) is 28.0 Å². The predicted octanol–water partition coefficient (Wildman–Crippen LogP) is 4.05. The molecular formula is C17H15BrN4O2S2. The lowest BCUT2D eigenvalue weighted by molar-refractivity contribution is -0.127. The number of nitrogens with one attached hydrogen (secondary N) is 1. The molecule has 2 heterocycles. The van der Waals surface area contributed by atoms with E-state index >= 15 is 0 Å². The first-order chi connectivity index (χ1) is 12.6. The van der Waals surface area contributed by atoms with Crippen LogP contribution in [0.4, 0.5) is 10.8 Å². The minimum atomic E-state index is -0.510. The Balaban J connectivity index is 1.69. The number of aromatic nitrogens is 1. The number of halogens is 1. The minimum absolute atomic E-state index is 0.0735. The zero-order valence-electron chi connectivity index (χ0n) is 13.6. The SMILES string of the molecule is C=CCN1C(=O)C(CC(=O)Nc2ccc(Br)cc2)S/C1=N/c1nccs1. The van der Waals surface area contributed by atoms with E-state index < -0.39 is 5.25 Å². The summed E-state index contributed by atoms with van der Waals surface area (Å²) in [5.74, 6) is -0.358. The summed E-state index contributed by atoms with van der Waals surface area (Å²) < 4.78 is 0.931. The molecule has 0 saturated carbocycles. The molecule has 0 bridgehead atoms. The maximum atomic E-state index is 12.6. The Hall–Kier alpha value is -1.97. The minimum Gasteiger partial charge on any atom is -0.326 e. The Bertz CT molecular complexity index is 837. The van der Waals surface area contributed by atoms with Crippen molar-refractivity contribution in [2.45, 2.75) is 11.7 Å². The molecule has 1 unspecified atom stereocenters. The molecule has 1 N–H and O–H groups in total. The lowest BCUT2D eigenvalue weighted by atomic mass is 10.2. The second-order valence-electron chi connectivity index (χ2n) is 5.31. The van der Waals surface area contributed by atoms with Gasteiger partial charge in [0.2, 0.25) is 16.9 Å². The van der Waals surface area contributed by atoms with Gasteiger partial charge in [-0.05, 0) is 24.3 Å². The molecule has 0 radical (unpaired) electrons. The zero-order valence-corrected chi connectivity index (χ0v) is 16.8. The second-order valence-corrected chi connectivity index (χ2v) is 8.27. The summed E-state index contributed by atoms with van der Waals surface area (Å²) in [6.45, 7) is 4.03. The van der Waals surface area contributed by atoms with Gasteiger partial charge in [-0.1, -0.05) is 33.8 Å². The van der Waals surface area contributed by atoms with Crippen LogP contribution in [0.15, 0.2) is 58.0 Å². The monoisotopic (exact) mass is 450 g/mol. The molecule has 1 aliphatic heterocycles. The van der Waals surface area contributed by atoms with Crippen LogP contribution in [0.2, 0.25) is 0 Å². The number of amidine groups is 1. The highest BCUT2D eigenvalue weighted by molar-refractivity contribution is 9.10. The number of anilines is 1. The van der Waals surface area contributed by atoms with Crippen LogP contribution in [0.5, 0.6) is 0 Å². The first kappa shape index (κ1) is 18.8. The number of thiazole rings is 1. The van der Waals surface area contributed by atoms with Crippen LogP contribution in [0.1, 0.15) is 6.42 Å². The number of hydrogen-bond acceptors (Lipinski definition) is 6. The van der Waals surface area contributed by atoms with Crippen LogP contribution in [0, 0.1) is 0 Å². The number of hydrogen-bond donors (Lipinski definition) is 1. The van der Waals surface area contributed by atoms with E-state index in [0.717, 1.165) is 4.47 Å². The molecule has 1 fully saturated rings. The van der Waals surface area contributed by atoms with Gasteiger partial charge in [-0.2, -0.15) is 4.99 Å². The molecule has 1 aromatic heterocycles. The quantitative estimate of drug-likeness (QED) is 0.673. The highest BCUT2D eigenvalue weighted by atomic mass is 79.9. The van der Waals surface area contributed by atoms with Crippen molar-refractivity contribution in [1.82, 2.24) is 9.88 Å². The van der Waals surface area contributed by atoms with Crippen molar-refractivity contribution in [3.63, 3.8) is 0 Å². The van der Waals surface area contributed by atoms with Gasteiger partial charge in [0.05, 0.1) is 0 Å². The fourth-order valence-corrected chi connectivity index (χ4v) is 4.26. The molecule has 0 aliphatic carbocycles. The highest BCUT2D eigenvalue weighted by Gasteiger charge is 2.38. The van der Waals surface area contributed by atoms with E-state index in [1.807, 2.05) is 17.5 Å². The fraction of sp³-hybridized carbons (Fsp3) is 0.176. The number of rotatable bonds is 6. The number of amides is 2. The summed E-state index contributed by atoms with van der Waals surface area (Å²) in [5, 5.41) is 5.25. The summed E-state index contributed by atoms with van der Waals surface area (Å²) in [4.78, 5) is 35.0. The molecule has 26 heavy (non-hydrogen) atoms. The number of nitrogens with zero attached hydrogens (tertiary/aromatic N) is 3. The van der Waals surface area contributed by atoms with Gasteiger partial charge in [-0.25, -0.2) is 4.98 Å². The molecule has 1 aliphatic rings. The van der Waals surface area contributed by atoms with Crippen molar-refractivity contribution in [3.8, 4) is 0 Å². The first-order valence-electron chi connectivity index (χ1n) is 7.69. The molecule has 0 spiro atoms. The van der Waals surface area contributed by atoms with Crippen LogP contribution < -0.4 is 5.32 Å². The van der Waals surface area contributed by atoms with E-state index in [9.17, 15) is 9.59 Å². The van der Waals surface area contributed by atoms with Crippen LogP contribution >= 0.6 is 39.0 Å². The van der Waals surface area contributed by atoms with E-state index in [0.29, 0.717) is 22.5 Å². The van der Waals surface area contributed by atoms with Crippen LogP contribution in [0.25, 0.3) is 0 Å². The number of aliphatic imine (C=N–C) groups is 1. The molecule has 9 heteroatoms. The summed E-state index contributed by atoms with van der Waals surface area (Å²) in [6, 6.07) is 7.28. The van der Waals surface area contributed by atoms with Crippen LogP contribution in [-0.4, -0.2) is 38.7 Å². The largest absolute Gasteiger partial charge is 0.326 e. The second kappa shape index (κ2) is 8.61. The van der Waals surface area contributed by atoms with Crippen LogP contribution in [-0.2, 0) is 9.59 Å². The maximum Gasteiger partial charge on any atom is 0.242 e.